The number of benzene rings is 1. The van der Waals surface area contributed by atoms with Gasteiger partial charge < -0.3 is 10.1 Å². The fraction of sp³-hybridized carbons (Fsp3) is 0.538. The summed E-state index contributed by atoms with van der Waals surface area (Å²) in [6.07, 6.45) is 3.46. The molecular weight excluding hydrogens is 285 g/mol. The maximum atomic E-state index is 13.1. The first-order chi connectivity index (χ1) is 8.15. The third-order valence-corrected chi connectivity index (χ3v) is 4.24. The van der Waals surface area contributed by atoms with Crippen molar-refractivity contribution in [3.63, 3.8) is 0 Å². The van der Waals surface area contributed by atoms with E-state index in [0.717, 1.165) is 29.4 Å². The number of rotatable bonds is 5. The molecule has 0 amide bonds. The van der Waals surface area contributed by atoms with Crippen LogP contribution in [-0.4, -0.2) is 19.3 Å². The van der Waals surface area contributed by atoms with Crippen molar-refractivity contribution in [1.29, 1.82) is 0 Å². The Morgan fingerprint density at radius 3 is 2.82 bits per heavy atom. The van der Waals surface area contributed by atoms with Gasteiger partial charge in [-0.05, 0) is 43.0 Å². The normalized spacial score (nSPS) is 17.8. The Morgan fingerprint density at radius 2 is 2.24 bits per heavy atom. The molecule has 1 N–H and O–H groups in total. The molecular formula is C13H17BrFNO. The van der Waals surface area contributed by atoms with Gasteiger partial charge in [0.15, 0.2) is 0 Å². The van der Waals surface area contributed by atoms with E-state index in [1.807, 2.05) is 0 Å². The summed E-state index contributed by atoms with van der Waals surface area (Å²) < 4.78 is 19.5. The highest BCUT2D eigenvalue weighted by atomic mass is 79.9. The van der Waals surface area contributed by atoms with E-state index in [4.69, 9.17) is 4.74 Å². The zero-order valence-corrected chi connectivity index (χ0v) is 11.5. The molecule has 4 heteroatoms. The topological polar surface area (TPSA) is 21.3 Å². The lowest BCUT2D eigenvalue weighted by Crippen LogP contribution is -2.47. The summed E-state index contributed by atoms with van der Waals surface area (Å²) in [5.74, 6) is -0.199. The lowest BCUT2D eigenvalue weighted by molar-refractivity contribution is -0.0695. The van der Waals surface area contributed by atoms with Crippen LogP contribution in [0, 0.1) is 5.82 Å². The summed E-state index contributed by atoms with van der Waals surface area (Å²) in [4.78, 5) is 0. The van der Waals surface area contributed by atoms with Gasteiger partial charge in [-0.2, -0.15) is 0 Å². The number of hydrogen-bond donors (Lipinski definition) is 1. The van der Waals surface area contributed by atoms with Gasteiger partial charge in [-0.15, -0.1) is 0 Å². The number of methoxy groups -OCH3 is 1. The van der Waals surface area contributed by atoms with Gasteiger partial charge in [0, 0.05) is 24.7 Å². The Kier molecular flexibility index (Phi) is 4.17. The fourth-order valence-electron chi connectivity index (χ4n) is 2.13. The summed E-state index contributed by atoms with van der Waals surface area (Å²) in [7, 11) is 1.76. The predicted octanol–water partition coefficient (Wildman–Crippen LogP) is 3.25. The van der Waals surface area contributed by atoms with Crippen LogP contribution >= 0.6 is 15.9 Å². The summed E-state index contributed by atoms with van der Waals surface area (Å²) in [5.41, 5.74) is 0.954. The molecule has 0 aromatic heterocycles. The molecule has 0 radical (unpaired) electrons. The summed E-state index contributed by atoms with van der Waals surface area (Å²) in [6, 6.07) is 4.75. The first kappa shape index (κ1) is 13.0. The van der Waals surface area contributed by atoms with Crippen molar-refractivity contribution in [3.8, 4) is 0 Å². The quantitative estimate of drug-likeness (QED) is 0.901. The molecule has 0 spiro atoms. The summed E-state index contributed by atoms with van der Waals surface area (Å²) in [5, 5.41) is 3.34. The Bertz CT molecular complexity index is 387. The molecule has 0 atom stereocenters. The summed E-state index contributed by atoms with van der Waals surface area (Å²) in [6.45, 7) is 1.48. The molecule has 2 rings (SSSR count). The standard InChI is InChI=1S/C13H17BrFNO/c1-17-13(5-2-6-13)9-16-8-10-7-11(15)3-4-12(10)14/h3-4,7,16H,2,5-6,8-9H2,1H3. The van der Waals surface area contributed by atoms with Crippen molar-refractivity contribution in [1.82, 2.24) is 5.32 Å². The van der Waals surface area contributed by atoms with Crippen molar-refractivity contribution in [2.45, 2.75) is 31.4 Å². The minimum absolute atomic E-state index is 0.0137. The zero-order chi connectivity index (χ0) is 12.3. The van der Waals surface area contributed by atoms with Gasteiger partial charge >= 0.3 is 0 Å². The monoisotopic (exact) mass is 301 g/mol. The number of halogens is 2. The van der Waals surface area contributed by atoms with Gasteiger partial charge in [0.1, 0.15) is 5.82 Å². The van der Waals surface area contributed by atoms with E-state index in [1.165, 1.54) is 12.5 Å². The van der Waals surface area contributed by atoms with Crippen molar-refractivity contribution in [2.24, 2.45) is 0 Å². The highest BCUT2D eigenvalue weighted by Crippen LogP contribution is 2.34. The van der Waals surface area contributed by atoms with Crippen LogP contribution in [0.2, 0.25) is 0 Å². The van der Waals surface area contributed by atoms with E-state index >= 15 is 0 Å². The van der Waals surface area contributed by atoms with Crippen LogP contribution in [-0.2, 0) is 11.3 Å². The second-order valence-electron chi connectivity index (χ2n) is 4.58. The Labute approximate surface area is 110 Å². The van der Waals surface area contributed by atoms with Gasteiger partial charge in [0.05, 0.1) is 5.60 Å². The number of ether oxygens (including phenoxy) is 1. The molecule has 0 aliphatic heterocycles. The fourth-order valence-corrected chi connectivity index (χ4v) is 2.51. The third kappa shape index (κ3) is 3.06. The molecule has 0 bridgehead atoms. The minimum atomic E-state index is -0.199. The third-order valence-electron chi connectivity index (χ3n) is 3.47. The summed E-state index contributed by atoms with van der Waals surface area (Å²) >= 11 is 3.42. The van der Waals surface area contributed by atoms with Crippen LogP contribution in [0.3, 0.4) is 0 Å². The molecule has 1 aliphatic rings. The lowest BCUT2D eigenvalue weighted by Gasteiger charge is -2.40. The van der Waals surface area contributed by atoms with Crippen molar-refractivity contribution >= 4 is 15.9 Å². The lowest BCUT2D eigenvalue weighted by atomic mass is 9.80. The van der Waals surface area contributed by atoms with Crippen LogP contribution in [0.1, 0.15) is 24.8 Å². The zero-order valence-electron chi connectivity index (χ0n) is 9.93. The maximum Gasteiger partial charge on any atom is 0.123 e. The van der Waals surface area contributed by atoms with E-state index < -0.39 is 0 Å². The highest BCUT2D eigenvalue weighted by Gasteiger charge is 2.36. The first-order valence-electron chi connectivity index (χ1n) is 5.85. The van der Waals surface area contributed by atoms with Crippen LogP contribution in [0.5, 0.6) is 0 Å². The second-order valence-corrected chi connectivity index (χ2v) is 5.43. The average molecular weight is 302 g/mol. The smallest absolute Gasteiger partial charge is 0.123 e. The van der Waals surface area contributed by atoms with Gasteiger partial charge in [-0.1, -0.05) is 15.9 Å². The van der Waals surface area contributed by atoms with Gasteiger partial charge in [-0.25, -0.2) is 4.39 Å². The predicted molar refractivity (Wildman–Crippen MR) is 69.4 cm³/mol. The molecule has 1 fully saturated rings. The van der Waals surface area contributed by atoms with Crippen molar-refractivity contribution in [2.75, 3.05) is 13.7 Å². The van der Waals surface area contributed by atoms with Gasteiger partial charge in [-0.3, -0.25) is 0 Å². The molecule has 1 saturated carbocycles. The van der Waals surface area contributed by atoms with Crippen LogP contribution in [0.15, 0.2) is 22.7 Å². The first-order valence-corrected chi connectivity index (χ1v) is 6.64. The SMILES string of the molecule is COC1(CNCc2cc(F)ccc2Br)CCC1. The van der Waals surface area contributed by atoms with E-state index in [0.29, 0.717) is 6.54 Å². The molecule has 94 valence electrons. The molecule has 1 aromatic carbocycles. The molecule has 0 heterocycles. The molecule has 2 nitrogen and oxygen atoms in total. The Balaban J connectivity index is 1.87. The van der Waals surface area contributed by atoms with E-state index in [2.05, 4.69) is 21.2 Å². The van der Waals surface area contributed by atoms with Crippen LogP contribution in [0.4, 0.5) is 4.39 Å². The Morgan fingerprint density at radius 1 is 1.47 bits per heavy atom. The van der Waals surface area contributed by atoms with Gasteiger partial charge in [0.2, 0.25) is 0 Å². The molecule has 1 aliphatic carbocycles. The average Bonchev–Trinajstić information content (AvgIpc) is 2.27. The molecule has 0 saturated heterocycles. The van der Waals surface area contributed by atoms with Crippen LogP contribution in [0.25, 0.3) is 0 Å². The van der Waals surface area contributed by atoms with E-state index in [-0.39, 0.29) is 11.4 Å². The van der Waals surface area contributed by atoms with Crippen LogP contribution < -0.4 is 5.32 Å². The second kappa shape index (κ2) is 5.46. The van der Waals surface area contributed by atoms with Gasteiger partial charge in [0.25, 0.3) is 0 Å². The molecule has 1 aromatic rings. The molecule has 0 unspecified atom stereocenters. The Hall–Kier alpha value is -0.450. The number of hydrogen-bond acceptors (Lipinski definition) is 2. The minimum Gasteiger partial charge on any atom is -0.377 e. The highest BCUT2D eigenvalue weighted by molar-refractivity contribution is 9.10. The number of nitrogens with one attached hydrogen (secondary N) is 1. The maximum absolute atomic E-state index is 13.1. The molecule has 17 heavy (non-hydrogen) atoms. The van der Waals surface area contributed by atoms with Crippen molar-refractivity contribution < 1.29 is 9.13 Å². The van der Waals surface area contributed by atoms with E-state index in [1.54, 1.807) is 19.2 Å². The van der Waals surface area contributed by atoms with E-state index in [9.17, 15) is 4.39 Å². The largest absolute Gasteiger partial charge is 0.377 e. The van der Waals surface area contributed by atoms with Crippen molar-refractivity contribution in [3.05, 3.63) is 34.1 Å².